The molecule has 3 amide bonds. The first kappa shape index (κ1) is 27.9. The zero-order chi connectivity index (χ0) is 25.3. The molecule has 17 heteroatoms. The minimum absolute atomic E-state index is 0. The normalized spacial score (nSPS) is 23.2. The number of ether oxygens (including phenoxy) is 1. The van der Waals surface area contributed by atoms with Crippen LogP contribution in [-0.4, -0.2) is 81.7 Å². The largest absolute Gasteiger partial charge is 1.00 e. The van der Waals surface area contributed by atoms with E-state index in [9.17, 15) is 29.1 Å². The van der Waals surface area contributed by atoms with Crippen LogP contribution in [0, 0.1) is 0 Å². The molecule has 2 fully saturated rings. The summed E-state index contributed by atoms with van der Waals surface area (Å²) in [5.74, 6) is -3.95. The fraction of sp³-hybridized carbons (Fsp3) is 0.421. The van der Waals surface area contributed by atoms with Crippen molar-refractivity contribution in [3.63, 3.8) is 0 Å². The summed E-state index contributed by atoms with van der Waals surface area (Å²) in [5, 5.41) is 21.5. The first-order valence-corrected chi connectivity index (χ1v) is 12.2. The van der Waals surface area contributed by atoms with Gasteiger partial charge in [0.05, 0.1) is 11.7 Å². The number of anilines is 1. The molecule has 1 unspecified atom stereocenters. The van der Waals surface area contributed by atoms with Crippen LogP contribution in [0.5, 0.6) is 0 Å². The van der Waals surface area contributed by atoms with E-state index in [1.165, 1.54) is 24.1 Å². The average Bonchev–Trinajstić information content (AvgIpc) is 3.43. The predicted octanol–water partition coefficient (Wildman–Crippen LogP) is -5.69. The number of hydrogen-bond acceptors (Lipinski definition) is 13. The van der Waals surface area contributed by atoms with Crippen LogP contribution in [0.1, 0.15) is 19.0 Å². The average molecular weight is 547 g/mol. The van der Waals surface area contributed by atoms with Crippen molar-refractivity contribution >= 4 is 63.6 Å². The number of fused-ring (bicyclic) bond motifs is 1. The number of amides is 3. The van der Waals surface area contributed by atoms with E-state index in [0.29, 0.717) is 13.0 Å². The Morgan fingerprint density at radius 1 is 1.39 bits per heavy atom. The fourth-order valence-electron chi connectivity index (χ4n) is 3.57. The summed E-state index contributed by atoms with van der Waals surface area (Å²) < 4.78 is 4.87. The van der Waals surface area contributed by atoms with E-state index < -0.39 is 41.3 Å². The molecule has 3 aliphatic heterocycles. The molecule has 3 atom stereocenters. The Kier molecular flexibility index (Phi) is 8.99. The maximum absolute atomic E-state index is 13.0. The summed E-state index contributed by atoms with van der Waals surface area (Å²) in [6.07, 6.45) is -0.519. The van der Waals surface area contributed by atoms with Crippen molar-refractivity contribution in [3.05, 3.63) is 22.3 Å². The number of nitrogens with two attached hydrogens (primary N) is 1. The molecule has 14 nitrogen and oxygen atoms in total. The molecule has 0 aromatic carbocycles. The van der Waals surface area contributed by atoms with Crippen molar-refractivity contribution < 1.29 is 68.2 Å². The Bertz CT molecular complexity index is 1170. The summed E-state index contributed by atoms with van der Waals surface area (Å²) >= 11 is 2.24. The molecule has 1 aromatic heterocycles. The molecule has 4 N–H and O–H groups in total. The molecule has 4 rings (SSSR count). The van der Waals surface area contributed by atoms with Gasteiger partial charge in [-0.3, -0.25) is 24.1 Å². The van der Waals surface area contributed by atoms with Gasteiger partial charge in [-0.1, -0.05) is 5.16 Å². The number of carbonyl (C=O) groups excluding carboxylic acids is 5. The Morgan fingerprint density at radius 3 is 2.72 bits per heavy atom. The molecule has 0 aliphatic carbocycles. The first-order chi connectivity index (χ1) is 16.7. The van der Waals surface area contributed by atoms with Gasteiger partial charge in [0.15, 0.2) is 10.8 Å². The van der Waals surface area contributed by atoms with E-state index in [0.717, 1.165) is 16.2 Å². The number of oxime groups is 1. The second kappa shape index (κ2) is 11.6. The third-order valence-corrected chi connectivity index (χ3v) is 7.24. The number of aromatic nitrogens is 1. The van der Waals surface area contributed by atoms with Gasteiger partial charge in [0.1, 0.15) is 23.7 Å². The molecular formula is C19H19N6NaO8S2. The Morgan fingerprint density at radius 2 is 2.14 bits per heavy atom. The molecule has 2 saturated heterocycles. The smallest absolute Gasteiger partial charge is 0.543 e. The third-order valence-electron chi connectivity index (χ3n) is 5.23. The summed E-state index contributed by atoms with van der Waals surface area (Å²) in [7, 11) is 0. The minimum Gasteiger partial charge on any atom is -0.543 e. The number of carbonyl (C=O) groups is 5. The van der Waals surface area contributed by atoms with Gasteiger partial charge in [0, 0.05) is 36.6 Å². The molecule has 0 radical (unpaired) electrons. The van der Waals surface area contributed by atoms with E-state index >= 15 is 0 Å². The quantitative estimate of drug-likeness (QED) is 0.0921. The number of nitrogen functional groups attached to an aromatic ring is 1. The fourth-order valence-corrected chi connectivity index (χ4v) is 5.45. The van der Waals surface area contributed by atoms with Crippen molar-refractivity contribution in [3.8, 4) is 0 Å². The monoisotopic (exact) mass is 546 g/mol. The first-order valence-electron chi connectivity index (χ1n) is 10.2. The van der Waals surface area contributed by atoms with Crippen LogP contribution in [-0.2, 0) is 33.5 Å². The Labute approximate surface area is 234 Å². The van der Waals surface area contributed by atoms with Crippen molar-refractivity contribution in [2.75, 3.05) is 24.6 Å². The van der Waals surface area contributed by atoms with E-state index in [2.05, 4.69) is 20.8 Å². The van der Waals surface area contributed by atoms with Crippen LogP contribution >= 0.6 is 23.1 Å². The van der Waals surface area contributed by atoms with Crippen LogP contribution in [0.15, 0.2) is 21.8 Å². The molecule has 0 saturated carbocycles. The number of thioether (sulfide) groups is 1. The summed E-state index contributed by atoms with van der Waals surface area (Å²) in [4.78, 5) is 70.7. The third kappa shape index (κ3) is 5.67. The van der Waals surface area contributed by atoms with E-state index in [1.807, 2.05) is 0 Å². The van der Waals surface area contributed by atoms with Gasteiger partial charge in [0.2, 0.25) is 6.10 Å². The standard InChI is InChI=1S/C19H20N6O8S2.Na/c1-7(26)32-4-8-5-34-17-12(16(29)25(17)13(8)18(30)31)23-15(28)11(9-6-35-19(20)22-9)24-33-10-2-3-21-14(10)27;/h6,10,12,17H,2-5H2,1H3,(H2,20,22)(H,21,27)(H,23,28)(H,30,31);/q;+1/p-1/b24-11-;/t10?,12-,17+;/m0./s1. The molecule has 4 heterocycles. The van der Waals surface area contributed by atoms with Gasteiger partial charge >= 0.3 is 35.5 Å². The van der Waals surface area contributed by atoms with E-state index in [-0.39, 0.29) is 75.6 Å². The van der Waals surface area contributed by atoms with Crippen LogP contribution < -0.4 is 51.0 Å². The van der Waals surface area contributed by atoms with Crippen molar-refractivity contribution in [1.82, 2.24) is 20.5 Å². The molecule has 3 aliphatic rings. The molecule has 186 valence electrons. The summed E-state index contributed by atoms with van der Waals surface area (Å²) in [5.41, 5.74) is 5.27. The Balaban J connectivity index is 0.00000361. The van der Waals surface area contributed by atoms with Crippen LogP contribution in [0.4, 0.5) is 5.13 Å². The molecule has 1 aromatic rings. The second-order valence-corrected chi connectivity index (χ2v) is 9.56. The minimum atomic E-state index is -1.60. The van der Waals surface area contributed by atoms with Crippen molar-refractivity contribution in [2.24, 2.45) is 5.16 Å². The van der Waals surface area contributed by atoms with Gasteiger partial charge in [-0.25, -0.2) is 4.98 Å². The predicted molar refractivity (Wildman–Crippen MR) is 119 cm³/mol. The number of rotatable bonds is 8. The number of carboxylic acids is 1. The van der Waals surface area contributed by atoms with Gasteiger partial charge in [-0.15, -0.1) is 23.1 Å². The van der Waals surface area contributed by atoms with E-state index in [1.54, 1.807) is 0 Å². The van der Waals surface area contributed by atoms with Gasteiger partial charge in [-0.05, 0) is 0 Å². The zero-order valence-corrected chi connectivity index (χ0v) is 22.8. The molecule has 0 spiro atoms. The van der Waals surface area contributed by atoms with Crippen molar-refractivity contribution in [1.29, 1.82) is 0 Å². The van der Waals surface area contributed by atoms with Crippen LogP contribution in [0.3, 0.4) is 0 Å². The zero-order valence-electron chi connectivity index (χ0n) is 19.1. The van der Waals surface area contributed by atoms with Gasteiger partial charge < -0.3 is 35.8 Å². The topological polar surface area (TPSA) is 205 Å². The van der Waals surface area contributed by atoms with Crippen LogP contribution in [0.25, 0.3) is 0 Å². The number of nitrogens with zero attached hydrogens (tertiary/aromatic N) is 3. The summed E-state index contributed by atoms with van der Waals surface area (Å²) in [6, 6.07) is -1.08. The second-order valence-electron chi connectivity index (χ2n) is 7.57. The Hall–Kier alpha value is -2.66. The van der Waals surface area contributed by atoms with Gasteiger partial charge in [0.25, 0.3) is 17.7 Å². The van der Waals surface area contributed by atoms with E-state index in [4.69, 9.17) is 15.3 Å². The van der Waals surface area contributed by atoms with Crippen molar-refractivity contribution in [2.45, 2.75) is 30.9 Å². The van der Waals surface area contributed by atoms with Gasteiger partial charge in [-0.2, -0.15) is 0 Å². The number of carboxylic acid groups (broad SMARTS) is 1. The number of thiazole rings is 1. The maximum Gasteiger partial charge on any atom is 1.00 e. The number of nitrogens with one attached hydrogen (secondary N) is 2. The molecular weight excluding hydrogens is 527 g/mol. The number of aliphatic carboxylic acids is 1. The number of β-lactam (4-membered cyclic amide) rings is 1. The molecule has 36 heavy (non-hydrogen) atoms. The number of esters is 1. The molecule has 0 bridgehead atoms. The SMILES string of the molecule is CC(=O)OCC1=C(C(=O)[O-])N2C(=O)[C@H](NC(=O)/C(=N\OC3CCNC3=O)c3csc(N)n3)[C@H]2SC1.[Na+]. The summed E-state index contributed by atoms with van der Waals surface area (Å²) in [6.45, 7) is 1.28. The van der Waals surface area contributed by atoms with Crippen LogP contribution in [0.2, 0.25) is 0 Å². The number of hydrogen-bond donors (Lipinski definition) is 3. The maximum atomic E-state index is 13.0.